The molecule has 1 aliphatic rings. The zero-order valence-corrected chi connectivity index (χ0v) is 12.1. The van der Waals surface area contributed by atoms with Crippen LogP contribution in [0.2, 0.25) is 0 Å². The smallest absolute Gasteiger partial charge is 0.0771 e. The van der Waals surface area contributed by atoms with Crippen LogP contribution in [0, 0.1) is 17.8 Å². The largest absolute Gasteiger partial charge is 0.395 e. The van der Waals surface area contributed by atoms with E-state index >= 15 is 0 Å². The van der Waals surface area contributed by atoms with E-state index < -0.39 is 0 Å². The Morgan fingerprint density at radius 1 is 1.42 bits per heavy atom. The van der Waals surface area contributed by atoms with Crippen LogP contribution < -0.4 is 0 Å². The van der Waals surface area contributed by atoms with Gasteiger partial charge in [-0.15, -0.1) is 11.3 Å². The Morgan fingerprint density at radius 3 is 3.00 bits per heavy atom. The fraction of sp³-hybridized carbons (Fsp3) is 0.600. The molecule has 1 aromatic heterocycles. The van der Waals surface area contributed by atoms with Crippen molar-refractivity contribution in [3.63, 3.8) is 0 Å². The van der Waals surface area contributed by atoms with Crippen LogP contribution in [-0.2, 0) is 6.54 Å². The van der Waals surface area contributed by atoms with E-state index in [2.05, 4.69) is 29.7 Å². The summed E-state index contributed by atoms with van der Waals surface area (Å²) in [5, 5.41) is 18.1. The molecule has 0 radical (unpaired) electrons. The van der Waals surface area contributed by atoms with Crippen LogP contribution in [0.1, 0.15) is 29.5 Å². The molecule has 0 bridgehead atoms. The Hall–Kier alpha value is -0.860. The number of hydrogen-bond acceptors (Lipinski definition) is 4. The van der Waals surface area contributed by atoms with E-state index in [9.17, 15) is 5.11 Å². The fourth-order valence-electron chi connectivity index (χ4n) is 2.52. The second-order valence-corrected chi connectivity index (χ2v) is 6.20. The highest BCUT2D eigenvalue weighted by Gasteiger charge is 2.30. The highest BCUT2D eigenvalue weighted by Crippen LogP contribution is 2.27. The quantitative estimate of drug-likeness (QED) is 0.824. The minimum Gasteiger partial charge on any atom is -0.395 e. The maximum Gasteiger partial charge on any atom is 0.0771 e. The predicted octanol–water partition coefficient (Wildman–Crippen LogP) is 1.68. The molecule has 2 atom stereocenters. The average Bonchev–Trinajstić information content (AvgIpc) is 2.98. The van der Waals surface area contributed by atoms with Crippen molar-refractivity contribution in [2.45, 2.75) is 32.4 Å². The van der Waals surface area contributed by atoms with Crippen molar-refractivity contribution >= 4 is 11.3 Å². The molecule has 3 nitrogen and oxygen atoms in total. The van der Waals surface area contributed by atoms with Gasteiger partial charge in [-0.05, 0) is 31.0 Å². The number of aliphatic hydroxyl groups excluding tert-OH is 2. The topological polar surface area (TPSA) is 43.7 Å². The molecule has 4 heteroatoms. The van der Waals surface area contributed by atoms with Crippen LogP contribution in [0.3, 0.4) is 0 Å². The Morgan fingerprint density at radius 2 is 2.26 bits per heavy atom. The number of nitrogens with zero attached hydrogens (tertiary/aromatic N) is 1. The lowest BCUT2D eigenvalue weighted by Crippen LogP contribution is -2.34. The van der Waals surface area contributed by atoms with Gasteiger partial charge in [0.2, 0.25) is 0 Å². The van der Waals surface area contributed by atoms with Gasteiger partial charge in [0.1, 0.15) is 0 Å². The van der Waals surface area contributed by atoms with Crippen LogP contribution in [0.25, 0.3) is 0 Å². The Balaban J connectivity index is 1.95. The molecule has 0 aromatic carbocycles. The lowest BCUT2D eigenvalue weighted by molar-refractivity contribution is 0.135. The van der Waals surface area contributed by atoms with Gasteiger partial charge in [0.05, 0.1) is 18.1 Å². The van der Waals surface area contributed by atoms with Crippen molar-refractivity contribution in [1.29, 1.82) is 0 Å². The molecule has 2 rings (SSSR count). The SMILES string of the molecule is CC1CCN(Cc2ccc(C#CCCO)s2)C1CO. The molecule has 1 saturated heterocycles. The first-order chi connectivity index (χ1) is 9.24. The summed E-state index contributed by atoms with van der Waals surface area (Å²) in [5.41, 5.74) is 0. The predicted molar refractivity (Wildman–Crippen MR) is 78.0 cm³/mol. The van der Waals surface area contributed by atoms with Gasteiger partial charge in [0.25, 0.3) is 0 Å². The van der Waals surface area contributed by atoms with Crippen molar-refractivity contribution in [3.8, 4) is 11.8 Å². The summed E-state index contributed by atoms with van der Waals surface area (Å²) in [7, 11) is 0. The number of aliphatic hydroxyl groups is 2. The van der Waals surface area contributed by atoms with Crippen molar-refractivity contribution in [1.82, 2.24) is 4.90 Å². The molecule has 19 heavy (non-hydrogen) atoms. The number of rotatable bonds is 4. The monoisotopic (exact) mass is 279 g/mol. The highest BCUT2D eigenvalue weighted by molar-refractivity contribution is 7.12. The molecule has 1 aliphatic heterocycles. The molecule has 104 valence electrons. The molecule has 0 saturated carbocycles. The third kappa shape index (κ3) is 3.80. The van der Waals surface area contributed by atoms with Crippen molar-refractivity contribution in [2.24, 2.45) is 5.92 Å². The van der Waals surface area contributed by atoms with E-state index in [0.29, 0.717) is 18.4 Å². The van der Waals surface area contributed by atoms with Crippen LogP contribution in [-0.4, -0.2) is 40.9 Å². The molecular weight excluding hydrogens is 258 g/mol. The third-order valence-corrected chi connectivity index (χ3v) is 4.64. The first kappa shape index (κ1) is 14.5. The van der Waals surface area contributed by atoms with Crippen LogP contribution in [0.15, 0.2) is 12.1 Å². The Kier molecular flexibility index (Phi) is 5.41. The molecular formula is C15H21NO2S. The number of likely N-dealkylation sites (tertiary alicyclic amines) is 1. The standard InChI is InChI=1S/C15H21NO2S/c1-12-7-8-16(15(12)11-18)10-14-6-5-13(19-14)4-2-3-9-17/h5-6,12,15,17-18H,3,7-11H2,1H3. The molecule has 1 fully saturated rings. The molecule has 0 amide bonds. The van der Waals surface area contributed by atoms with Crippen molar-refractivity contribution in [2.75, 3.05) is 19.8 Å². The van der Waals surface area contributed by atoms with E-state index in [0.717, 1.165) is 18.0 Å². The summed E-state index contributed by atoms with van der Waals surface area (Å²) in [5.74, 6) is 6.59. The van der Waals surface area contributed by atoms with Gasteiger partial charge in [-0.25, -0.2) is 0 Å². The van der Waals surface area contributed by atoms with E-state index in [-0.39, 0.29) is 13.2 Å². The molecule has 0 spiro atoms. The average molecular weight is 279 g/mol. The minimum atomic E-state index is 0.120. The van der Waals surface area contributed by atoms with Crippen LogP contribution >= 0.6 is 11.3 Å². The van der Waals surface area contributed by atoms with E-state index in [1.165, 1.54) is 11.3 Å². The highest BCUT2D eigenvalue weighted by atomic mass is 32.1. The molecule has 2 unspecified atom stereocenters. The third-order valence-electron chi connectivity index (χ3n) is 3.65. The fourth-order valence-corrected chi connectivity index (χ4v) is 3.42. The van der Waals surface area contributed by atoms with E-state index in [1.807, 2.05) is 6.07 Å². The van der Waals surface area contributed by atoms with Gasteiger partial charge in [-0.2, -0.15) is 0 Å². The van der Waals surface area contributed by atoms with Crippen molar-refractivity contribution in [3.05, 3.63) is 21.9 Å². The summed E-state index contributed by atoms with van der Waals surface area (Å²) in [6, 6.07) is 4.45. The summed E-state index contributed by atoms with van der Waals surface area (Å²) in [4.78, 5) is 4.71. The second kappa shape index (κ2) is 7.06. The molecule has 1 aromatic rings. The van der Waals surface area contributed by atoms with Gasteiger partial charge < -0.3 is 10.2 Å². The summed E-state index contributed by atoms with van der Waals surface area (Å²) < 4.78 is 0. The Bertz CT molecular complexity index is 460. The number of hydrogen-bond donors (Lipinski definition) is 2. The van der Waals surface area contributed by atoms with Crippen LogP contribution in [0.4, 0.5) is 0 Å². The van der Waals surface area contributed by atoms with Gasteiger partial charge >= 0.3 is 0 Å². The normalized spacial score (nSPS) is 23.3. The maximum atomic E-state index is 9.45. The van der Waals surface area contributed by atoms with E-state index in [4.69, 9.17) is 5.11 Å². The zero-order chi connectivity index (χ0) is 13.7. The molecule has 2 heterocycles. The molecule has 0 aliphatic carbocycles. The second-order valence-electron chi connectivity index (χ2n) is 5.03. The summed E-state index contributed by atoms with van der Waals surface area (Å²) in [6.45, 7) is 4.55. The van der Waals surface area contributed by atoms with Crippen LogP contribution in [0.5, 0.6) is 0 Å². The summed E-state index contributed by atoms with van der Waals surface area (Å²) in [6.07, 6.45) is 1.70. The zero-order valence-electron chi connectivity index (χ0n) is 11.3. The van der Waals surface area contributed by atoms with Gasteiger partial charge in [0.15, 0.2) is 0 Å². The lowest BCUT2D eigenvalue weighted by Gasteiger charge is -2.24. The first-order valence-corrected chi connectivity index (χ1v) is 7.59. The maximum absolute atomic E-state index is 9.45. The Labute approximate surface area is 118 Å². The van der Waals surface area contributed by atoms with Crippen molar-refractivity contribution < 1.29 is 10.2 Å². The van der Waals surface area contributed by atoms with E-state index in [1.54, 1.807) is 11.3 Å². The lowest BCUT2D eigenvalue weighted by atomic mass is 10.0. The number of thiophene rings is 1. The first-order valence-electron chi connectivity index (χ1n) is 6.78. The van der Waals surface area contributed by atoms with Gasteiger partial charge in [-0.3, -0.25) is 4.90 Å². The minimum absolute atomic E-state index is 0.120. The van der Waals surface area contributed by atoms with Gasteiger partial charge in [0, 0.05) is 23.9 Å². The summed E-state index contributed by atoms with van der Waals surface area (Å²) >= 11 is 1.71. The molecule has 2 N–H and O–H groups in total. The van der Waals surface area contributed by atoms with Gasteiger partial charge in [-0.1, -0.05) is 18.8 Å².